The molecule has 4 saturated heterocycles. The van der Waals surface area contributed by atoms with Crippen molar-refractivity contribution in [1.29, 1.82) is 0 Å². The topological polar surface area (TPSA) is 409 Å². The van der Waals surface area contributed by atoms with Gasteiger partial charge in [0.15, 0.2) is 25.2 Å². The molecule has 4 aliphatic heterocycles. The highest BCUT2D eigenvalue weighted by Gasteiger charge is 2.56. The average Bonchev–Trinajstić information content (AvgIpc) is 3.11. The second-order valence-electron chi connectivity index (χ2n) is 13.1. The summed E-state index contributed by atoms with van der Waals surface area (Å²) in [5.41, 5.74) is 0. The normalized spacial score (nSPS) is 45.5. The van der Waals surface area contributed by atoms with E-state index in [1.54, 1.807) is 0 Å². The second kappa shape index (κ2) is 19.2. The van der Waals surface area contributed by atoms with Crippen LogP contribution in [0.25, 0.3) is 0 Å². The Kier molecular flexibility index (Phi) is 16.0. The molecule has 0 bridgehead atoms. The lowest BCUT2D eigenvalue weighted by molar-refractivity contribution is -0.375. The monoisotopic (exact) mass is 828 g/mol. The number of aliphatic hydroxyl groups excluding tert-OH is 11. The number of rotatable bonds is 14. The van der Waals surface area contributed by atoms with Crippen molar-refractivity contribution in [2.75, 3.05) is 26.4 Å². The summed E-state index contributed by atoms with van der Waals surface area (Å²) in [4.78, 5) is 24.2. The maximum Gasteiger partial charge on any atom is 0.397 e. The summed E-state index contributed by atoms with van der Waals surface area (Å²) in [6.45, 7) is -1.89. The molecule has 0 aromatic rings. The van der Waals surface area contributed by atoms with Gasteiger partial charge >= 0.3 is 10.4 Å². The summed E-state index contributed by atoms with van der Waals surface area (Å²) in [5.74, 6) is -1.60. The standard InChI is InChI=1S/C28H48N2O24S/c1-7(34)29-13-18(39)22(52-27-20(41)19(40)15(36)9(3-31)49-27)12(6-47-55(44,45)46)51-26(13)54-24-17(38)11(5-33)50-28(21(24)42)53-23-14(30-8(2)35)25(43)48-10(4-32)16(23)37/h9-28,31-33,36-43H,3-6H2,1-2H3,(H,29,34)(H,30,35)(H,44,45,46)/t9-,10-,11-,12-,13-,14-,15+,16+,17+,18-,19+,20-,21-,22-,23-,24+,25+,26+,27+,28+/m1/s1. The fourth-order valence-corrected chi connectivity index (χ4v) is 6.79. The van der Waals surface area contributed by atoms with Crippen molar-refractivity contribution in [2.24, 2.45) is 0 Å². The summed E-state index contributed by atoms with van der Waals surface area (Å²) in [5, 5.41) is 120. The SMILES string of the molecule is CC(=O)N[C@@H]1[C@@H](O[C@@H]2O[C@H](CO)[C@H](O)[C@H](O[C@@H]3O[C@H](COS(=O)(=O)O)[C@@H](O[C@@H]4O[C@H](CO)[C@H](O)[C@H](O)[C@H]4O)[C@H](O)[C@H]3NC(C)=O)[C@H]2O)[C@@H](O)[C@@H](CO)O[C@@H]1O. The Balaban J connectivity index is 1.65. The molecule has 0 aromatic carbocycles. The molecular weight excluding hydrogens is 780 g/mol. The van der Waals surface area contributed by atoms with Crippen LogP contribution < -0.4 is 10.6 Å². The second-order valence-corrected chi connectivity index (χ2v) is 14.2. The van der Waals surface area contributed by atoms with Crippen LogP contribution in [-0.4, -0.2) is 230 Å². The van der Waals surface area contributed by atoms with Crippen molar-refractivity contribution in [1.82, 2.24) is 10.6 Å². The quantitative estimate of drug-likeness (QED) is 0.0723. The van der Waals surface area contributed by atoms with E-state index in [9.17, 15) is 78.7 Å². The first-order valence-electron chi connectivity index (χ1n) is 16.7. The highest BCUT2D eigenvalue weighted by Crippen LogP contribution is 2.34. The Bertz CT molecular complexity index is 1380. The Morgan fingerprint density at radius 3 is 1.55 bits per heavy atom. The molecule has 0 saturated carbocycles. The first-order valence-corrected chi connectivity index (χ1v) is 18.1. The lowest BCUT2D eigenvalue weighted by atomic mass is 9.94. The number of hydrogen-bond donors (Lipinski definition) is 14. The van der Waals surface area contributed by atoms with E-state index in [1.807, 2.05) is 0 Å². The molecule has 4 fully saturated rings. The third kappa shape index (κ3) is 10.8. The van der Waals surface area contributed by atoms with Crippen LogP contribution in [0.5, 0.6) is 0 Å². The van der Waals surface area contributed by atoms with E-state index in [4.69, 9.17) is 33.2 Å². The molecule has 14 N–H and O–H groups in total. The maximum atomic E-state index is 12.3. The van der Waals surface area contributed by atoms with Crippen LogP contribution in [0.4, 0.5) is 0 Å². The fraction of sp³-hybridized carbons (Fsp3) is 0.929. The van der Waals surface area contributed by atoms with E-state index >= 15 is 0 Å². The molecule has 26 nitrogen and oxygen atoms in total. The first kappa shape index (κ1) is 45.8. The molecule has 4 aliphatic rings. The molecule has 2 amide bonds. The smallest absolute Gasteiger partial charge is 0.394 e. The molecule has 320 valence electrons. The molecule has 55 heavy (non-hydrogen) atoms. The van der Waals surface area contributed by atoms with Gasteiger partial charge in [-0.05, 0) is 0 Å². The van der Waals surface area contributed by atoms with Crippen LogP contribution in [-0.2, 0) is 57.3 Å². The summed E-state index contributed by atoms with van der Waals surface area (Å²) in [6, 6.07) is -3.35. The zero-order valence-electron chi connectivity index (χ0n) is 29.0. The van der Waals surface area contributed by atoms with Gasteiger partial charge in [0.05, 0.1) is 26.4 Å². The minimum absolute atomic E-state index is 0.732. The molecule has 4 heterocycles. The Hall–Kier alpha value is -1.91. The zero-order valence-corrected chi connectivity index (χ0v) is 29.9. The number of nitrogens with one attached hydrogen (secondary N) is 2. The predicted molar refractivity (Wildman–Crippen MR) is 167 cm³/mol. The molecule has 0 aliphatic carbocycles. The third-order valence-corrected chi connectivity index (χ3v) is 9.65. The summed E-state index contributed by atoms with van der Waals surface area (Å²) in [6.07, 6.45) is -34.0. The predicted octanol–water partition coefficient (Wildman–Crippen LogP) is -9.63. The highest BCUT2D eigenvalue weighted by atomic mass is 32.3. The van der Waals surface area contributed by atoms with E-state index in [1.165, 1.54) is 0 Å². The number of carbonyl (C=O) groups is 2. The number of hydrogen-bond acceptors (Lipinski definition) is 23. The van der Waals surface area contributed by atoms with E-state index in [0.29, 0.717) is 0 Å². The van der Waals surface area contributed by atoms with E-state index in [-0.39, 0.29) is 0 Å². The number of carbonyl (C=O) groups excluding carboxylic acids is 2. The molecule has 0 spiro atoms. The van der Waals surface area contributed by atoms with Crippen LogP contribution >= 0.6 is 0 Å². The van der Waals surface area contributed by atoms with E-state index in [0.717, 1.165) is 13.8 Å². The van der Waals surface area contributed by atoms with E-state index in [2.05, 4.69) is 14.8 Å². The van der Waals surface area contributed by atoms with Gasteiger partial charge in [0.25, 0.3) is 0 Å². The van der Waals surface area contributed by atoms with Gasteiger partial charge in [0, 0.05) is 13.8 Å². The molecule has 20 atom stereocenters. The van der Waals surface area contributed by atoms with Crippen molar-refractivity contribution in [2.45, 2.75) is 137 Å². The Morgan fingerprint density at radius 2 is 1.00 bits per heavy atom. The van der Waals surface area contributed by atoms with Crippen LogP contribution in [0.1, 0.15) is 13.8 Å². The third-order valence-electron chi connectivity index (χ3n) is 9.21. The largest absolute Gasteiger partial charge is 0.397 e. The van der Waals surface area contributed by atoms with Crippen molar-refractivity contribution >= 4 is 22.2 Å². The molecule has 4 rings (SSSR count). The summed E-state index contributed by atoms with van der Waals surface area (Å²) < 4.78 is 75.6. The Labute approximate surface area is 311 Å². The zero-order chi connectivity index (χ0) is 41.1. The minimum Gasteiger partial charge on any atom is -0.394 e. The Morgan fingerprint density at radius 1 is 0.545 bits per heavy atom. The summed E-state index contributed by atoms with van der Waals surface area (Å²) in [7, 11) is -5.23. The molecule has 0 aromatic heterocycles. The molecule has 0 radical (unpaired) electrons. The van der Waals surface area contributed by atoms with Gasteiger partial charge in [0.1, 0.15) is 97.5 Å². The average molecular weight is 829 g/mol. The van der Waals surface area contributed by atoms with Crippen molar-refractivity contribution in [3.8, 4) is 0 Å². The van der Waals surface area contributed by atoms with Crippen molar-refractivity contribution in [3.63, 3.8) is 0 Å². The van der Waals surface area contributed by atoms with Gasteiger partial charge in [0.2, 0.25) is 11.8 Å². The van der Waals surface area contributed by atoms with Gasteiger partial charge in [-0.3, -0.25) is 14.1 Å². The fourth-order valence-electron chi connectivity index (χ4n) is 6.49. The molecule has 0 unspecified atom stereocenters. The number of ether oxygens (including phenoxy) is 7. The lowest BCUT2D eigenvalue weighted by Crippen LogP contribution is -2.70. The molecule has 27 heteroatoms. The van der Waals surface area contributed by atoms with Gasteiger partial charge < -0.3 is 100.0 Å². The highest BCUT2D eigenvalue weighted by molar-refractivity contribution is 7.80. The van der Waals surface area contributed by atoms with Crippen LogP contribution in [0.15, 0.2) is 0 Å². The molecular formula is C28H48N2O24S. The maximum absolute atomic E-state index is 12.3. The summed E-state index contributed by atoms with van der Waals surface area (Å²) >= 11 is 0. The minimum atomic E-state index is -5.23. The lowest BCUT2D eigenvalue weighted by Gasteiger charge is -2.50. The van der Waals surface area contributed by atoms with Crippen LogP contribution in [0.2, 0.25) is 0 Å². The van der Waals surface area contributed by atoms with Gasteiger partial charge in [-0.25, -0.2) is 4.18 Å². The van der Waals surface area contributed by atoms with Crippen LogP contribution in [0.3, 0.4) is 0 Å². The first-order chi connectivity index (χ1) is 25.7. The number of aliphatic hydroxyl groups is 11. The van der Waals surface area contributed by atoms with Gasteiger partial charge in [-0.2, -0.15) is 8.42 Å². The van der Waals surface area contributed by atoms with Crippen molar-refractivity contribution in [3.05, 3.63) is 0 Å². The van der Waals surface area contributed by atoms with Crippen molar-refractivity contribution < 1.29 is 116 Å². The van der Waals surface area contributed by atoms with Gasteiger partial charge in [-0.1, -0.05) is 0 Å². The van der Waals surface area contributed by atoms with Gasteiger partial charge in [-0.15, -0.1) is 0 Å². The number of amides is 2. The van der Waals surface area contributed by atoms with Crippen LogP contribution in [0, 0.1) is 0 Å². The van der Waals surface area contributed by atoms with E-state index < -0.39 is 171 Å².